The molecule has 3 aromatic carbocycles. The van der Waals surface area contributed by atoms with Crippen molar-refractivity contribution in [2.45, 2.75) is 18.1 Å². The number of rotatable bonds is 8. The van der Waals surface area contributed by atoms with Gasteiger partial charge >= 0.3 is 5.92 Å². The SMILES string of the molecule is Cn1c(N2CCN(c3ccc(-c4ccc(C(F)(F)[C@](O)(Cn5cnnn5)c5ccc(F)cc5F)nc4)cc3)CC2)nc2ccc(C#N)cc21. The molecule has 0 unspecified atom stereocenters. The average molecular weight is 669 g/mol. The number of fused-ring (bicyclic) bond motifs is 1. The fourth-order valence-electron chi connectivity index (χ4n) is 6.19. The van der Waals surface area contributed by atoms with E-state index in [2.05, 4.69) is 36.4 Å². The highest BCUT2D eigenvalue weighted by Crippen LogP contribution is 2.47. The first-order valence-electron chi connectivity index (χ1n) is 15.3. The molecule has 1 saturated heterocycles. The molecule has 0 aliphatic carbocycles. The van der Waals surface area contributed by atoms with Crippen LogP contribution in [0.3, 0.4) is 0 Å². The van der Waals surface area contributed by atoms with E-state index in [9.17, 15) is 19.1 Å². The molecule has 1 aliphatic heterocycles. The van der Waals surface area contributed by atoms with Gasteiger partial charge in [-0.25, -0.2) is 18.4 Å². The van der Waals surface area contributed by atoms with Crippen molar-refractivity contribution in [3.63, 3.8) is 0 Å². The summed E-state index contributed by atoms with van der Waals surface area (Å²) in [5.41, 5.74) is -0.271. The molecule has 0 bridgehead atoms. The summed E-state index contributed by atoms with van der Waals surface area (Å²) in [5.74, 6) is -5.64. The van der Waals surface area contributed by atoms with Gasteiger partial charge in [0, 0.05) is 62.3 Å². The minimum Gasteiger partial charge on any atom is -0.377 e. The quantitative estimate of drug-likeness (QED) is 0.228. The lowest BCUT2D eigenvalue weighted by Gasteiger charge is -2.36. The number of aromatic nitrogens is 7. The molecule has 49 heavy (non-hydrogen) atoms. The van der Waals surface area contributed by atoms with Crippen LogP contribution in [0, 0.1) is 23.0 Å². The van der Waals surface area contributed by atoms with Crippen molar-refractivity contribution in [2.75, 3.05) is 36.0 Å². The second-order valence-corrected chi connectivity index (χ2v) is 11.8. The summed E-state index contributed by atoms with van der Waals surface area (Å²) in [5, 5.41) is 31.0. The van der Waals surface area contributed by atoms with Gasteiger partial charge in [0.15, 0.2) is 5.60 Å². The molecular formula is C34H28F4N10O. The van der Waals surface area contributed by atoms with E-state index in [0.717, 1.165) is 83.6 Å². The summed E-state index contributed by atoms with van der Waals surface area (Å²) < 4.78 is 63.5. The summed E-state index contributed by atoms with van der Waals surface area (Å²) in [6.07, 6.45) is 2.25. The van der Waals surface area contributed by atoms with E-state index in [0.29, 0.717) is 17.2 Å². The number of imidazole rings is 1. The number of aryl methyl sites for hydroxylation is 1. The van der Waals surface area contributed by atoms with Gasteiger partial charge in [-0.3, -0.25) is 4.98 Å². The Morgan fingerprint density at radius 1 is 0.898 bits per heavy atom. The monoisotopic (exact) mass is 668 g/mol. The van der Waals surface area contributed by atoms with Crippen molar-refractivity contribution in [3.8, 4) is 17.2 Å². The van der Waals surface area contributed by atoms with E-state index in [4.69, 9.17) is 4.98 Å². The highest BCUT2D eigenvalue weighted by Gasteiger charge is 2.58. The third-order valence-corrected chi connectivity index (χ3v) is 8.88. The largest absolute Gasteiger partial charge is 0.377 e. The van der Waals surface area contributed by atoms with Crippen LogP contribution < -0.4 is 9.80 Å². The van der Waals surface area contributed by atoms with Gasteiger partial charge in [-0.05, 0) is 64.5 Å². The Balaban J connectivity index is 1.06. The molecule has 0 spiro atoms. The van der Waals surface area contributed by atoms with E-state index in [1.54, 1.807) is 6.07 Å². The minimum atomic E-state index is -4.15. The first-order valence-corrected chi connectivity index (χ1v) is 15.3. The lowest BCUT2D eigenvalue weighted by atomic mass is 9.84. The molecule has 11 nitrogen and oxygen atoms in total. The zero-order chi connectivity index (χ0) is 34.3. The van der Waals surface area contributed by atoms with Gasteiger partial charge in [-0.2, -0.15) is 14.0 Å². The van der Waals surface area contributed by atoms with Crippen LogP contribution in [0.1, 0.15) is 16.8 Å². The zero-order valence-corrected chi connectivity index (χ0v) is 26.0. The number of pyridine rings is 1. The second-order valence-electron chi connectivity index (χ2n) is 11.8. The molecule has 1 aliphatic rings. The van der Waals surface area contributed by atoms with Crippen LogP contribution >= 0.6 is 0 Å². The van der Waals surface area contributed by atoms with Gasteiger partial charge < -0.3 is 19.5 Å². The van der Waals surface area contributed by atoms with Crippen molar-refractivity contribution in [2.24, 2.45) is 7.05 Å². The van der Waals surface area contributed by atoms with Crippen LogP contribution in [0.4, 0.5) is 29.2 Å². The molecule has 15 heteroatoms. The van der Waals surface area contributed by atoms with Crippen molar-refractivity contribution >= 4 is 22.7 Å². The fraction of sp³-hybridized carbons (Fsp3) is 0.235. The second kappa shape index (κ2) is 12.3. The van der Waals surface area contributed by atoms with Gasteiger partial charge in [0.05, 0.1) is 29.2 Å². The lowest BCUT2D eigenvalue weighted by Crippen LogP contribution is -2.48. The Morgan fingerprint density at radius 2 is 1.63 bits per heavy atom. The highest BCUT2D eigenvalue weighted by atomic mass is 19.3. The standard InChI is InChI=1S/C34H28F4N10O/c1-45-30-16-22(18-39)2-10-29(30)42-32(45)47-14-12-46(13-15-47)26-7-3-23(4-8-26)24-5-11-31(40-19-24)34(37,38)33(49,20-48-21-41-43-44-48)27-9-6-25(35)17-28(27)36/h2-11,16-17,19,21,49H,12-15,20H2,1H3/t33-/m0/s1. The first-order chi connectivity index (χ1) is 23.6. The maximum absolute atomic E-state index is 16.1. The molecule has 248 valence electrons. The summed E-state index contributed by atoms with van der Waals surface area (Å²) in [6.45, 7) is 2.05. The summed E-state index contributed by atoms with van der Waals surface area (Å²) in [6, 6.07) is 19.8. The molecule has 3 aromatic heterocycles. The number of piperazine rings is 1. The van der Waals surface area contributed by atoms with E-state index in [-0.39, 0.29) is 0 Å². The Hall–Kier alpha value is -5.88. The van der Waals surface area contributed by atoms with Gasteiger partial charge in [-0.1, -0.05) is 18.2 Å². The molecule has 1 fully saturated rings. The molecule has 0 saturated carbocycles. The number of benzene rings is 3. The van der Waals surface area contributed by atoms with Crippen molar-refractivity contribution in [1.82, 2.24) is 34.7 Å². The number of nitrogens with zero attached hydrogens (tertiary/aromatic N) is 10. The van der Waals surface area contributed by atoms with Crippen molar-refractivity contribution < 1.29 is 22.7 Å². The topological polar surface area (TPSA) is 125 Å². The molecule has 1 N–H and O–H groups in total. The van der Waals surface area contributed by atoms with Gasteiger partial charge in [0.2, 0.25) is 5.95 Å². The van der Waals surface area contributed by atoms with E-state index in [1.165, 1.54) is 12.3 Å². The predicted molar refractivity (Wildman–Crippen MR) is 171 cm³/mol. The number of halogens is 4. The Bertz CT molecular complexity index is 2160. The predicted octanol–water partition coefficient (Wildman–Crippen LogP) is 4.78. The highest BCUT2D eigenvalue weighted by molar-refractivity contribution is 5.80. The van der Waals surface area contributed by atoms with Crippen LogP contribution in [0.2, 0.25) is 0 Å². The number of tetrazole rings is 1. The van der Waals surface area contributed by atoms with E-state index < -0.39 is 41.0 Å². The number of aliphatic hydroxyl groups is 1. The van der Waals surface area contributed by atoms with Crippen LogP contribution in [0.15, 0.2) is 85.3 Å². The third kappa shape index (κ3) is 5.69. The zero-order valence-electron chi connectivity index (χ0n) is 26.0. The Labute approximate surface area is 277 Å². The number of anilines is 2. The number of nitriles is 1. The molecule has 0 amide bonds. The summed E-state index contributed by atoms with van der Waals surface area (Å²) in [7, 11) is 1.95. The average Bonchev–Trinajstić information content (AvgIpc) is 3.75. The van der Waals surface area contributed by atoms with Crippen molar-refractivity contribution in [1.29, 1.82) is 5.26 Å². The number of hydrogen-bond donors (Lipinski definition) is 1. The van der Waals surface area contributed by atoms with E-state index >= 15 is 8.78 Å². The Kier molecular flexibility index (Phi) is 7.95. The van der Waals surface area contributed by atoms with Gasteiger partial charge in [0.1, 0.15) is 23.7 Å². The first kappa shape index (κ1) is 31.7. The molecular weight excluding hydrogens is 640 g/mol. The summed E-state index contributed by atoms with van der Waals surface area (Å²) in [4.78, 5) is 13.2. The molecule has 7 rings (SSSR count). The van der Waals surface area contributed by atoms with E-state index in [1.807, 2.05) is 48.0 Å². The lowest BCUT2D eigenvalue weighted by molar-refractivity contribution is -0.207. The van der Waals surface area contributed by atoms with Crippen LogP contribution in [0.25, 0.3) is 22.2 Å². The maximum atomic E-state index is 16.1. The van der Waals surface area contributed by atoms with Crippen molar-refractivity contribution in [3.05, 3.63) is 114 Å². The smallest absolute Gasteiger partial charge is 0.323 e. The minimum absolute atomic E-state index is 0.422. The number of alkyl halides is 2. The molecule has 0 radical (unpaired) electrons. The van der Waals surface area contributed by atoms with Crippen LogP contribution in [-0.4, -0.2) is 66.0 Å². The fourth-order valence-corrected chi connectivity index (χ4v) is 6.19. The third-order valence-electron chi connectivity index (χ3n) is 8.88. The van der Waals surface area contributed by atoms with Gasteiger partial charge in [-0.15, -0.1) is 5.10 Å². The van der Waals surface area contributed by atoms with Gasteiger partial charge in [0.25, 0.3) is 0 Å². The molecule has 4 heterocycles. The maximum Gasteiger partial charge on any atom is 0.323 e. The normalized spacial score (nSPS) is 15.0. The number of hydrogen-bond acceptors (Lipinski definition) is 9. The molecule has 6 aromatic rings. The Morgan fingerprint density at radius 3 is 2.29 bits per heavy atom. The van der Waals surface area contributed by atoms with Crippen LogP contribution in [0.5, 0.6) is 0 Å². The molecule has 1 atom stereocenters. The summed E-state index contributed by atoms with van der Waals surface area (Å²) >= 11 is 0. The van der Waals surface area contributed by atoms with Crippen LogP contribution in [-0.2, 0) is 25.1 Å².